The third-order valence-corrected chi connectivity index (χ3v) is 4.63. The fraction of sp³-hybridized carbons (Fsp3) is 0.600. The van der Waals surface area contributed by atoms with E-state index in [2.05, 4.69) is 33.8 Å². The first-order chi connectivity index (χ1) is 8.72. The summed E-state index contributed by atoms with van der Waals surface area (Å²) < 4.78 is 1.14. The summed E-state index contributed by atoms with van der Waals surface area (Å²) >= 11 is 3.63. The molecule has 1 aliphatic rings. The molecule has 3 heteroatoms. The fourth-order valence-electron chi connectivity index (χ4n) is 2.87. The van der Waals surface area contributed by atoms with Gasteiger partial charge in [-0.1, -0.05) is 41.8 Å². The first-order valence-corrected chi connectivity index (χ1v) is 7.78. The van der Waals surface area contributed by atoms with Gasteiger partial charge in [0.15, 0.2) is 0 Å². The van der Waals surface area contributed by atoms with E-state index in [1.165, 1.54) is 44.2 Å². The van der Waals surface area contributed by atoms with Crippen LogP contribution in [-0.2, 0) is 6.54 Å². The molecule has 1 saturated heterocycles. The summed E-state index contributed by atoms with van der Waals surface area (Å²) in [7, 11) is 0. The maximum atomic E-state index is 6.10. The van der Waals surface area contributed by atoms with Gasteiger partial charge in [0.2, 0.25) is 0 Å². The first kappa shape index (κ1) is 13.9. The minimum atomic E-state index is 0.746. The molecule has 100 valence electrons. The lowest BCUT2D eigenvalue weighted by Crippen LogP contribution is -2.39. The zero-order valence-electron chi connectivity index (χ0n) is 11.2. The van der Waals surface area contributed by atoms with E-state index in [1.807, 2.05) is 12.1 Å². The Morgan fingerprint density at radius 2 is 2.22 bits per heavy atom. The zero-order valence-corrected chi connectivity index (χ0v) is 12.7. The number of benzene rings is 1. The standard InChI is InChI=1S/C15H23BrN2/c1-2-6-12-7-3-4-10-18(12)11-13-14(16)8-5-9-15(13)17/h5,8-9,12H,2-4,6-7,10-11,17H2,1H3. The number of nitrogen functional groups attached to an aromatic ring is 1. The number of hydrogen-bond donors (Lipinski definition) is 1. The molecule has 1 aliphatic heterocycles. The molecule has 0 amide bonds. The van der Waals surface area contributed by atoms with Gasteiger partial charge in [0, 0.05) is 28.3 Å². The molecule has 1 heterocycles. The average molecular weight is 311 g/mol. The molecule has 2 N–H and O–H groups in total. The maximum Gasteiger partial charge on any atom is 0.0371 e. The topological polar surface area (TPSA) is 29.3 Å². The van der Waals surface area contributed by atoms with E-state index in [4.69, 9.17) is 5.73 Å². The van der Waals surface area contributed by atoms with Crippen LogP contribution in [0.5, 0.6) is 0 Å². The summed E-state index contributed by atoms with van der Waals surface area (Å²) in [6, 6.07) is 6.83. The van der Waals surface area contributed by atoms with E-state index in [9.17, 15) is 0 Å². The number of rotatable bonds is 4. The normalized spacial score (nSPS) is 21.1. The van der Waals surface area contributed by atoms with E-state index in [0.29, 0.717) is 0 Å². The molecular weight excluding hydrogens is 288 g/mol. The van der Waals surface area contributed by atoms with Gasteiger partial charge in [0.25, 0.3) is 0 Å². The smallest absolute Gasteiger partial charge is 0.0371 e. The predicted octanol–water partition coefficient (Wildman–Crippen LogP) is 4.19. The molecule has 1 fully saturated rings. The second-order valence-electron chi connectivity index (χ2n) is 5.22. The van der Waals surface area contributed by atoms with Crippen LogP contribution in [0.3, 0.4) is 0 Å². The van der Waals surface area contributed by atoms with Gasteiger partial charge in [-0.3, -0.25) is 4.90 Å². The molecule has 1 aromatic carbocycles. The van der Waals surface area contributed by atoms with Gasteiger partial charge in [-0.15, -0.1) is 0 Å². The van der Waals surface area contributed by atoms with Crippen molar-refractivity contribution in [1.82, 2.24) is 4.90 Å². The quantitative estimate of drug-likeness (QED) is 0.845. The number of hydrogen-bond acceptors (Lipinski definition) is 2. The average Bonchev–Trinajstić information content (AvgIpc) is 2.36. The number of nitrogens with two attached hydrogens (primary N) is 1. The van der Waals surface area contributed by atoms with Crippen LogP contribution in [0.4, 0.5) is 5.69 Å². The lowest BCUT2D eigenvalue weighted by atomic mass is 9.97. The Labute approximate surface area is 119 Å². The van der Waals surface area contributed by atoms with E-state index in [1.54, 1.807) is 0 Å². The molecular formula is C15H23BrN2. The van der Waals surface area contributed by atoms with Crippen molar-refractivity contribution < 1.29 is 0 Å². The first-order valence-electron chi connectivity index (χ1n) is 6.99. The summed E-state index contributed by atoms with van der Waals surface area (Å²) in [4.78, 5) is 2.61. The molecule has 1 aromatic rings. The van der Waals surface area contributed by atoms with E-state index in [0.717, 1.165) is 22.7 Å². The maximum absolute atomic E-state index is 6.10. The zero-order chi connectivity index (χ0) is 13.0. The largest absolute Gasteiger partial charge is 0.398 e. The second kappa shape index (κ2) is 6.58. The van der Waals surface area contributed by atoms with Crippen molar-refractivity contribution in [1.29, 1.82) is 0 Å². The fourth-order valence-corrected chi connectivity index (χ4v) is 3.38. The van der Waals surface area contributed by atoms with Gasteiger partial charge in [0.1, 0.15) is 0 Å². The number of halogens is 1. The third kappa shape index (κ3) is 3.27. The molecule has 0 aliphatic carbocycles. The van der Waals surface area contributed by atoms with Crippen LogP contribution in [0.25, 0.3) is 0 Å². The number of nitrogens with zero attached hydrogens (tertiary/aromatic N) is 1. The van der Waals surface area contributed by atoms with Crippen molar-refractivity contribution in [3.8, 4) is 0 Å². The number of piperidine rings is 1. The molecule has 0 spiro atoms. The number of anilines is 1. The molecule has 18 heavy (non-hydrogen) atoms. The number of likely N-dealkylation sites (tertiary alicyclic amines) is 1. The summed E-state index contributed by atoms with van der Waals surface area (Å²) in [5.74, 6) is 0. The third-order valence-electron chi connectivity index (χ3n) is 3.89. The summed E-state index contributed by atoms with van der Waals surface area (Å²) in [5.41, 5.74) is 8.26. The minimum Gasteiger partial charge on any atom is -0.398 e. The van der Waals surface area contributed by atoms with Gasteiger partial charge in [-0.2, -0.15) is 0 Å². The molecule has 2 rings (SSSR count). The Morgan fingerprint density at radius 1 is 1.39 bits per heavy atom. The Kier molecular flexibility index (Phi) is 5.07. The highest BCUT2D eigenvalue weighted by atomic mass is 79.9. The molecule has 0 saturated carbocycles. The molecule has 2 nitrogen and oxygen atoms in total. The van der Waals surface area contributed by atoms with Crippen LogP contribution in [0.1, 0.15) is 44.6 Å². The molecule has 0 radical (unpaired) electrons. The Hall–Kier alpha value is -0.540. The highest BCUT2D eigenvalue weighted by molar-refractivity contribution is 9.10. The second-order valence-corrected chi connectivity index (χ2v) is 6.07. The van der Waals surface area contributed by atoms with Crippen molar-refractivity contribution in [3.63, 3.8) is 0 Å². The van der Waals surface area contributed by atoms with Gasteiger partial charge >= 0.3 is 0 Å². The van der Waals surface area contributed by atoms with Gasteiger partial charge in [-0.05, 0) is 37.9 Å². The summed E-state index contributed by atoms with van der Waals surface area (Å²) in [5, 5.41) is 0. The molecule has 0 bridgehead atoms. The lowest BCUT2D eigenvalue weighted by molar-refractivity contribution is 0.131. The lowest BCUT2D eigenvalue weighted by Gasteiger charge is -2.36. The van der Waals surface area contributed by atoms with Crippen molar-refractivity contribution >= 4 is 21.6 Å². The van der Waals surface area contributed by atoms with Crippen molar-refractivity contribution in [2.24, 2.45) is 0 Å². The van der Waals surface area contributed by atoms with Crippen LogP contribution in [0.2, 0.25) is 0 Å². The van der Waals surface area contributed by atoms with E-state index < -0.39 is 0 Å². The molecule has 0 aromatic heterocycles. The van der Waals surface area contributed by atoms with Gasteiger partial charge < -0.3 is 5.73 Å². The van der Waals surface area contributed by atoms with E-state index >= 15 is 0 Å². The predicted molar refractivity (Wildman–Crippen MR) is 81.5 cm³/mol. The van der Waals surface area contributed by atoms with Gasteiger partial charge in [0.05, 0.1) is 0 Å². The highest BCUT2D eigenvalue weighted by Crippen LogP contribution is 2.28. The SMILES string of the molecule is CCCC1CCCCN1Cc1c(N)cccc1Br. The minimum absolute atomic E-state index is 0.746. The summed E-state index contributed by atoms with van der Waals surface area (Å²) in [6.07, 6.45) is 6.63. The monoisotopic (exact) mass is 310 g/mol. The van der Waals surface area contributed by atoms with Crippen LogP contribution >= 0.6 is 15.9 Å². The van der Waals surface area contributed by atoms with Crippen molar-refractivity contribution in [2.75, 3.05) is 12.3 Å². The van der Waals surface area contributed by atoms with Crippen molar-refractivity contribution in [2.45, 2.75) is 51.6 Å². The Morgan fingerprint density at radius 3 is 2.94 bits per heavy atom. The van der Waals surface area contributed by atoms with Gasteiger partial charge in [-0.25, -0.2) is 0 Å². The van der Waals surface area contributed by atoms with E-state index in [-0.39, 0.29) is 0 Å². The van der Waals surface area contributed by atoms with Crippen molar-refractivity contribution in [3.05, 3.63) is 28.2 Å². The van der Waals surface area contributed by atoms with Crippen LogP contribution in [0.15, 0.2) is 22.7 Å². The molecule has 1 atom stereocenters. The Bertz CT molecular complexity index is 370. The molecule has 1 unspecified atom stereocenters. The van der Waals surface area contributed by atoms with Crippen LogP contribution in [-0.4, -0.2) is 17.5 Å². The van der Waals surface area contributed by atoms with Crippen LogP contribution < -0.4 is 5.73 Å². The van der Waals surface area contributed by atoms with Crippen LogP contribution in [0, 0.1) is 0 Å². The highest BCUT2D eigenvalue weighted by Gasteiger charge is 2.22. The summed E-state index contributed by atoms with van der Waals surface area (Å²) in [6.45, 7) is 4.48. The Balaban J connectivity index is 2.11.